The van der Waals surface area contributed by atoms with Gasteiger partial charge in [-0.15, -0.1) is 0 Å². The summed E-state index contributed by atoms with van der Waals surface area (Å²) in [5.41, 5.74) is 0.268. The fourth-order valence-corrected chi connectivity index (χ4v) is 1.58. The van der Waals surface area contributed by atoms with Gasteiger partial charge in [0.2, 0.25) is 0 Å². The summed E-state index contributed by atoms with van der Waals surface area (Å²) in [5, 5.41) is 9.40. The van der Waals surface area contributed by atoms with E-state index in [0.29, 0.717) is 0 Å². The zero-order valence-electron chi connectivity index (χ0n) is 12.0. The molecule has 0 saturated heterocycles. The van der Waals surface area contributed by atoms with Gasteiger partial charge in [-0.3, -0.25) is 0 Å². The summed E-state index contributed by atoms with van der Waals surface area (Å²) in [6, 6.07) is 0. The minimum absolute atomic E-state index is 0.0236. The highest BCUT2D eigenvalue weighted by molar-refractivity contribution is 7.81. The Hall–Kier alpha value is -0.960. The van der Waals surface area contributed by atoms with Crippen LogP contribution in [0, 0.1) is 5.92 Å². The van der Waals surface area contributed by atoms with Crippen LogP contribution in [-0.2, 0) is 28.3 Å². The van der Waals surface area contributed by atoms with Crippen LogP contribution in [0.25, 0.3) is 0 Å². The molecule has 0 aliphatic heterocycles. The van der Waals surface area contributed by atoms with Crippen LogP contribution in [-0.4, -0.2) is 45.4 Å². The van der Waals surface area contributed by atoms with Gasteiger partial charge < -0.3 is 9.84 Å². The second kappa shape index (κ2) is 9.06. The molecule has 0 aromatic carbocycles. The van der Waals surface area contributed by atoms with E-state index in [4.69, 9.17) is 4.74 Å². The second-order valence-electron chi connectivity index (χ2n) is 4.60. The number of carbonyl (C=O) groups is 1. The molecule has 0 amide bonds. The molecule has 0 aliphatic carbocycles. The van der Waals surface area contributed by atoms with Crippen molar-refractivity contribution in [2.75, 3.05) is 19.8 Å². The fraction of sp³-hybridized carbons (Fsp3) is 0.750. The van der Waals surface area contributed by atoms with Crippen molar-refractivity contribution in [2.45, 2.75) is 33.3 Å². The van der Waals surface area contributed by atoms with Crippen LogP contribution >= 0.6 is 0 Å². The van der Waals surface area contributed by atoms with Crippen molar-refractivity contribution in [3.05, 3.63) is 12.2 Å². The molecule has 0 aromatic heterocycles. The summed E-state index contributed by atoms with van der Waals surface area (Å²) in [6.45, 7) is 7.87. The van der Waals surface area contributed by atoms with Gasteiger partial charge in [0, 0.05) is 12.0 Å². The Kier molecular flexibility index (Phi) is 8.63. The number of aliphatic hydroxyl groups is 1. The number of hydrogen-bond acceptors (Lipinski definition) is 7. The van der Waals surface area contributed by atoms with E-state index in [9.17, 15) is 18.3 Å². The van der Waals surface area contributed by atoms with Gasteiger partial charge in [-0.1, -0.05) is 20.4 Å². The van der Waals surface area contributed by atoms with Gasteiger partial charge in [0.1, 0.15) is 0 Å². The Morgan fingerprint density at radius 2 is 1.85 bits per heavy atom. The maximum absolute atomic E-state index is 11.3. The first-order valence-corrected chi connectivity index (χ1v) is 7.53. The number of aliphatic hydroxyl groups excluding tert-OH is 1. The number of carbonyl (C=O) groups excluding carboxylic acids is 1. The van der Waals surface area contributed by atoms with Crippen molar-refractivity contribution in [2.24, 2.45) is 5.92 Å². The average Bonchev–Trinajstić information content (AvgIpc) is 2.34. The molecule has 1 unspecified atom stereocenters. The van der Waals surface area contributed by atoms with Gasteiger partial charge >= 0.3 is 16.4 Å². The minimum atomic E-state index is -4.15. The predicted octanol–water partition coefficient (Wildman–Crippen LogP) is 0.791. The van der Waals surface area contributed by atoms with Crippen molar-refractivity contribution in [3.63, 3.8) is 0 Å². The number of esters is 1. The third-order valence-corrected chi connectivity index (χ3v) is 3.13. The van der Waals surface area contributed by atoms with Crippen LogP contribution in [0.1, 0.15) is 27.2 Å². The van der Waals surface area contributed by atoms with E-state index in [1.807, 2.05) is 0 Å². The van der Waals surface area contributed by atoms with Crippen LogP contribution in [0.4, 0.5) is 0 Å². The van der Waals surface area contributed by atoms with Crippen LogP contribution in [0.2, 0.25) is 0 Å². The molecule has 1 atom stereocenters. The summed E-state index contributed by atoms with van der Waals surface area (Å²) in [5.74, 6) is -0.657. The highest BCUT2D eigenvalue weighted by Gasteiger charge is 2.17. The molecule has 0 radical (unpaired) electrons. The Bertz CT molecular complexity index is 414. The first-order valence-electron chi connectivity index (χ1n) is 6.20. The summed E-state index contributed by atoms with van der Waals surface area (Å²) in [6.07, 6.45) is -0.682. The first-order chi connectivity index (χ1) is 9.15. The number of ether oxygens (including phenoxy) is 1. The van der Waals surface area contributed by atoms with E-state index in [1.54, 1.807) is 13.8 Å². The quantitative estimate of drug-likeness (QED) is 0.362. The molecule has 7 nitrogen and oxygen atoms in total. The summed E-state index contributed by atoms with van der Waals surface area (Å²) in [7, 11) is -4.15. The molecular formula is C12H22O7S. The lowest BCUT2D eigenvalue weighted by molar-refractivity contribution is -0.139. The Balaban J connectivity index is 3.83. The maximum Gasteiger partial charge on any atom is 0.399 e. The summed E-state index contributed by atoms with van der Waals surface area (Å²) in [4.78, 5) is 11.0. The zero-order valence-corrected chi connectivity index (χ0v) is 12.8. The smallest absolute Gasteiger partial charge is 0.399 e. The van der Waals surface area contributed by atoms with E-state index in [2.05, 4.69) is 14.9 Å². The molecule has 20 heavy (non-hydrogen) atoms. The fourth-order valence-electron chi connectivity index (χ4n) is 0.887. The number of hydrogen-bond donors (Lipinski definition) is 1. The molecule has 0 heterocycles. The van der Waals surface area contributed by atoms with Gasteiger partial charge in [0.05, 0.1) is 25.9 Å². The zero-order chi connectivity index (χ0) is 15.8. The highest BCUT2D eigenvalue weighted by atomic mass is 32.3. The Morgan fingerprint density at radius 3 is 2.35 bits per heavy atom. The number of rotatable bonds is 10. The highest BCUT2D eigenvalue weighted by Crippen LogP contribution is 2.05. The molecule has 0 fully saturated rings. The van der Waals surface area contributed by atoms with Crippen LogP contribution in [0.5, 0.6) is 0 Å². The van der Waals surface area contributed by atoms with Crippen LogP contribution < -0.4 is 0 Å². The van der Waals surface area contributed by atoms with Crippen molar-refractivity contribution < 1.29 is 31.4 Å². The Morgan fingerprint density at radius 1 is 1.25 bits per heavy atom. The topological polar surface area (TPSA) is 99.1 Å². The molecular weight excluding hydrogens is 288 g/mol. The predicted molar refractivity (Wildman–Crippen MR) is 72.1 cm³/mol. The van der Waals surface area contributed by atoms with Crippen LogP contribution in [0.15, 0.2) is 12.2 Å². The SMILES string of the molecule is C=C(C)C(=O)OCCCOS(=O)(=O)OCC(O)C(C)C. The molecule has 118 valence electrons. The maximum atomic E-state index is 11.3. The monoisotopic (exact) mass is 310 g/mol. The second-order valence-corrected chi connectivity index (χ2v) is 5.88. The van der Waals surface area contributed by atoms with Gasteiger partial charge in [-0.25, -0.2) is 13.2 Å². The van der Waals surface area contributed by atoms with Gasteiger partial charge in [0.15, 0.2) is 0 Å². The average molecular weight is 310 g/mol. The minimum Gasteiger partial charge on any atom is -0.462 e. The van der Waals surface area contributed by atoms with Crippen molar-refractivity contribution in [1.82, 2.24) is 0 Å². The lowest BCUT2D eigenvalue weighted by atomic mass is 10.1. The standard InChI is InChI=1S/C12H22O7S/c1-9(2)11(13)8-19-20(15,16)18-7-5-6-17-12(14)10(3)4/h9,11,13H,3,5-8H2,1-2,4H3. The molecule has 0 bridgehead atoms. The van der Waals surface area contributed by atoms with E-state index < -0.39 is 22.5 Å². The largest absolute Gasteiger partial charge is 0.462 e. The van der Waals surface area contributed by atoms with Crippen molar-refractivity contribution in [1.29, 1.82) is 0 Å². The third kappa shape index (κ3) is 9.03. The van der Waals surface area contributed by atoms with E-state index >= 15 is 0 Å². The molecule has 0 aromatic rings. The lowest BCUT2D eigenvalue weighted by Gasteiger charge is -2.14. The van der Waals surface area contributed by atoms with Gasteiger partial charge in [-0.05, 0) is 12.8 Å². The molecule has 0 rings (SSSR count). The van der Waals surface area contributed by atoms with E-state index in [0.717, 1.165) is 0 Å². The molecule has 0 spiro atoms. The molecule has 0 saturated carbocycles. The summed E-state index contributed by atoms with van der Waals surface area (Å²) < 4.78 is 36.3. The Labute approximate surface area is 119 Å². The van der Waals surface area contributed by atoms with Crippen LogP contribution in [0.3, 0.4) is 0 Å². The summed E-state index contributed by atoms with van der Waals surface area (Å²) >= 11 is 0. The molecule has 1 N–H and O–H groups in total. The lowest BCUT2D eigenvalue weighted by Crippen LogP contribution is -2.24. The molecule has 0 aliphatic rings. The van der Waals surface area contributed by atoms with Crippen molar-refractivity contribution >= 4 is 16.4 Å². The first kappa shape index (κ1) is 19.0. The van der Waals surface area contributed by atoms with Crippen molar-refractivity contribution in [3.8, 4) is 0 Å². The normalized spacial score (nSPS) is 13.2. The third-order valence-electron chi connectivity index (χ3n) is 2.25. The van der Waals surface area contributed by atoms with Gasteiger partial charge in [-0.2, -0.15) is 8.42 Å². The van der Waals surface area contributed by atoms with E-state index in [1.165, 1.54) is 6.92 Å². The molecule has 8 heteroatoms. The van der Waals surface area contributed by atoms with E-state index in [-0.39, 0.29) is 37.7 Å². The van der Waals surface area contributed by atoms with Gasteiger partial charge in [0.25, 0.3) is 0 Å².